The summed E-state index contributed by atoms with van der Waals surface area (Å²) in [7, 11) is 0. The van der Waals surface area contributed by atoms with Crippen LogP contribution in [0.15, 0.2) is 54.6 Å². The van der Waals surface area contributed by atoms with Crippen molar-refractivity contribution in [1.29, 1.82) is 0 Å². The van der Waals surface area contributed by atoms with Crippen LogP contribution in [-0.2, 0) is 10.3 Å². The van der Waals surface area contributed by atoms with Crippen LogP contribution in [0, 0.1) is 6.92 Å². The van der Waals surface area contributed by atoms with Crippen LogP contribution < -0.4 is 4.74 Å². The van der Waals surface area contributed by atoms with Crippen LogP contribution in [0.1, 0.15) is 46.5 Å². The Balaban J connectivity index is 0.000000932. The molecule has 0 aromatic heterocycles. The van der Waals surface area contributed by atoms with Crippen LogP contribution in [0.4, 0.5) is 0 Å². The maximum absolute atomic E-state index is 12.6. The van der Waals surface area contributed by atoms with Gasteiger partial charge < -0.3 is 19.7 Å². The first-order valence-corrected chi connectivity index (χ1v) is 9.19. The standard InChI is InChI=1S/C21H14O5.C2H6/c1-11-17(23)9-8-16-19(11)25-18-10-12(22)6-7-15(18)21(16)14-5-3-2-4-13(14)20(24)26-21;1-2/h2-10,22-23H,1H3;1-2H3. The lowest BCUT2D eigenvalue weighted by Crippen LogP contribution is -2.33. The Labute approximate surface area is 162 Å². The third kappa shape index (κ3) is 2.22. The number of aromatic hydroxyl groups is 2. The number of phenolic OH excluding ortho intramolecular Hbond substituents is 2. The van der Waals surface area contributed by atoms with Crippen molar-refractivity contribution in [2.75, 3.05) is 0 Å². The van der Waals surface area contributed by atoms with Gasteiger partial charge in [-0.15, -0.1) is 0 Å². The minimum atomic E-state index is -1.18. The van der Waals surface area contributed by atoms with Crippen molar-refractivity contribution >= 4 is 5.97 Å². The summed E-state index contributed by atoms with van der Waals surface area (Å²) in [5.74, 6) is 0.513. The summed E-state index contributed by atoms with van der Waals surface area (Å²) in [4.78, 5) is 12.6. The average Bonchev–Trinajstić information content (AvgIpc) is 3.00. The fourth-order valence-electron chi connectivity index (χ4n) is 3.85. The second-order valence-corrected chi connectivity index (χ2v) is 6.49. The highest BCUT2D eigenvalue weighted by Crippen LogP contribution is 2.57. The van der Waals surface area contributed by atoms with Crippen molar-refractivity contribution in [1.82, 2.24) is 0 Å². The molecule has 0 aliphatic carbocycles. The van der Waals surface area contributed by atoms with E-state index in [1.54, 1.807) is 37.3 Å². The molecular formula is C23H20O5. The lowest BCUT2D eigenvalue weighted by atomic mass is 9.77. The average molecular weight is 376 g/mol. The van der Waals surface area contributed by atoms with Gasteiger partial charge in [-0.2, -0.15) is 0 Å². The molecule has 3 aromatic carbocycles. The Kier molecular flexibility index (Phi) is 4.03. The summed E-state index contributed by atoms with van der Waals surface area (Å²) in [6.45, 7) is 5.73. The van der Waals surface area contributed by atoms with Crippen LogP contribution in [0.2, 0.25) is 0 Å². The van der Waals surface area contributed by atoms with Gasteiger partial charge in [0.15, 0.2) is 5.60 Å². The molecule has 0 saturated heterocycles. The molecule has 142 valence electrons. The summed E-state index contributed by atoms with van der Waals surface area (Å²) < 4.78 is 12.0. The number of benzene rings is 3. The topological polar surface area (TPSA) is 76.0 Å². The molecule has 5 rings (SSSR count). The maximum atomic E-state index is 12.6. The van der Waals surface area contributed by atoms with E-state index < -0.39 is 11.6 Å². The van der Waals surface area contributed by atoms with Gasteiger partial charge in [-0.1, -0.05) is 32.0 Å². The third-order valence-corrected chi connectivity index (χ3v) is 5.09. The van der Waals surface area contributed by atoms with Gasteiger partial charge in [-0.3, -0.25) is 0 Å². The molecular weight excluding hydrogens is 356 g/mol. The minimum absolute atomic E-state index is 0.0396. The lowest BCUT2D eigenvalue weighted by molar-refractivity contribution is 0.0223. The maximum Gasteiger partial charge on any atom is 0.340 e. The summed E-state index contributed by atoms with van der Waals surface area (Å²) in [5.41, 5.74) is 1.84. The SMILES string of the molecule is CC.Cc1c(O)ccc2c1Oc1cc(O)ccc1C21OC(=O)c2ccccc21. The summed E-state index contributed by atoms with van der Waals surface area (Å²) in [6, 6.07) is 15.2. The number of rotatable bonds is 0. The van der Waals surface area contributed by atoms with E-state index in [1.165, 1.54) is 12.1 Å². The van der Waals surface area contributed by atoms with Gasteiger partial charge in [0.25, 0.3) is 0 Å². The van der Waals surface area contributed by atoms with Crippen LogP contribution >= 0.6 is 0 Å². The number of phenols is 2. The number of carbonyl (C=O) groups excluding carboxylic acids is 1. The van der Waals surface area contributed by atoms with Crippen molar-refractivity contribution < 1.29 is 24.5 Å². The summed E-state index contributed by atoms with van der Waals surface area (Å²) in [5, 5.41) is 20.0. The molecule has 2 aliphatic heterocycles. The number of hydrogen-bond donors (Lipinski definition) is 2. The predicted molar refractivity (Wildman–Crippen MR) is 104 cm³/mol. The zero-order valence-corrected chi connectivity index (χ0v) is 15.8. The monoisotopic (exact) mass is 376 g/mol. The predicted octanol–water partition coefficient (Wildman–Crippen LogP) is 5.00. The van der Waals surface area contributed by atoms with Gasteiger partial charge in [0.2, 0.25) is 0 Å². The van der Waals surface area contributed by atoms with E-state index in [1.807, 2.05) is 26.0 Å². The van der Waals surface area contributed by atoms with Gasteiger partial charge >= 0.3 is 5.97 Å². The Morgan fingerprint density at radius 1 is 0.893 bits per heavy atom. The number of carbonyl (C=O) groups is 1. The molecule has 1 atom stereocenters. The first kappa shape index (κ1) is 17.9. The highest BCUT2D eigenvalue weighted by atomic mass is 16.6. The quantitative estimate of drug-likeness (QED) is 0.540. The van der Waals surface area contributed by atoms with Crippen molar-refractivity contribution in [3.05, 3.63) is 82.4 Å². The first-order chi connectivity index (χ1) is 13.5. The minimum Gasteiger partial charge on any atom is -0.508 e. The lowest BCUT2D eigenvalue weighted by Gasteiger charge is -2.37. The van der Waals surface area contributed by atoms with Gasteiger partial charge in [-0.25, -0.2) is 4.79 Å². The van der Waals surface area contributed by atoms with Gasteiger partial charge in [0, 0.05) is 28.3 Å². The van der Waals surface area contributed by atoms with Crippen LogP contribution in [0.3, 0.4) is 0 Å². The number of fused-ring (bicyclic) bond motifs is 6. The van der Waals surface area contributed by atoms with Gasteiger partial charge in [0.05, 0.1) is 5.56 Å². The second-order valence-electron chi connectivity index (χ2n) is 6.49. The number of ether oxygens (including phenoxy) is 2. The molecule has 1 unspecified atom stereocenters. The van der Waals surface area contributed by atoms with Crippen molar-refractivity contribution in [2.45, 2.75) is 26.4 Å². The molecule has 0 saturated carbocycles. The number of esters is 1. The highest BCUT2D eigenvalue weighted by Gasteiger charge is 2.53. The van der Waals surface area contributed by atoms with Crippen molar-refractivity contribution in [3.8, 4) is 23.0 Å². The normalized spacial score (nSPS) is 18.2. The molecule has 0 bridgehead atoms. The molecule has 0 radical (unpaired) electrons. The van der Waals surface area contributed by atoms with Gasteiger partial charge in [0.1, 0.15) is 23.0 Å². The van der Waals surface area contributed by atoms with Crippen LogP contribution in [0.25, 0.3) is 0 Å². The fraction of sp³-hybridized carbons (Fsp3) is 0.174. The summed E-state index contributed by atoms with van der Waals surface area (Å²) >= 11 is 0. The van der Waals surface area contributed by atoms with E-state index in [-0.39, 0.29) is 11.5 Å². The fourth-order valence-corrected chi connectivity index (χ4v) is 3.85. The molecule has 5 heteroatoms. The van der Waals surface area contributed by atoms with Crippen LogP contribution in [-0.4, -0.2) is 16.2 Å². The van der Waals surface area contributed by atoms with E-state index in [0.717, 1.165) is 0 Å². The Morgan fingerprint density at radius 2 is 1.61 bits per heavy atom. The van der Waals surface area contributed by atoms with E-state index in [2.05, 4.69) is 0 Å². The molecule has 2 aliphatic rings. The molecule has 2 N–H and O–H groups in total. The zero-order valence-electron chi connectivity index (χ0n) is 15.8. The molecule has 28 heavy (non-hydrogen) atoms. The van der Waals surface area contributed by atoms with Crippen LogP contribution in [0.5, 0.6) is 23.0 Å². The molecule has 5 nitrogen and oxygen atoms in total. The van der Waals surface area contributed by atoms with E-state index in [9.17, 15) is 15.0 Å². The molecule has 0 amide bonds. The largest absolute Gasteiger partial charge is 0.508 e. The summed E-state index contributed by atoms with van der Waals surface area (Å²) in [6.07, 6.45) is 0. The van der Waals surface area contributed by atoms with Gasteiger partial charge in [-0.05, 0) is 37.3 Å². The van der Waals surface area contributed by atoms with Crippen molar-refractivity contribution in [2.24, 2.45) is 0 Å². The molecule has 1 spiro atoms. The van der Waals surface area contributed by atoms with Crippen molar-refractivity contribution in [3.63, 3.8) is 0 Å². The second kappa shape index (κ2) is 6.30. The number of hydrogen-bond acceptors (Lipinski definition) is 5. The smallest absolute Gasteiger partial charge is 0.340 e. The molecule has 2 heterocycles. The Hall–Kier alpha value is -3.47. The van der Waals surface area contributed by atoms with E-state index >= 15 is 0 Å². The first-order valence-electron chi connectivity index (χ1n) is 9.19. The van der Waals surface area contributed by atoms with E-state index in [0.29, 0.717) is 39.3 Å². The highest BCUT2D eigenvalue weighted by molar-refractivity contribution is 5.97. The Morgan fingerprint density at radius 3 is 2.39 bits per heavy atom. The molecule has 3 aromatic rings. The third-order valence-electron chi connectivity index (χ3n) is 5.09. The Bertz CT molecular complexity index is 1100. The molecule has 0 fully saturated rings. The van der Waals surface area contributed by atoms with E-state index in [4.69, 9.17) is 9.47 Å². The zero-order chi connectivity index (χ0) is 20.1.